The number of aromatic amines is 1. The summed E-state index contributed by atoms with van der Waals surface area (Å²) in [5.74, 6) is -0.361. The lowest BCUT2D eigenvalue weighted by molar-refractivity contribution is -0.128. The minimum atomic E-state index is -0.761. The van der Waals surface area contributed by atoms with E-state index in [1.54, 1.807) is 4.90 Å². The van der Waals surface area contributed by atoms with Crippen molar-refractivity contribution in [2.45, 2.75) is 31.2 Å². The van der Waals surface area contributed by atoms with Gasteiger partial charge in [-0.2, -0.15) is 0 Å². The zero-order chi connectivity index (χ0) is 24.2. The van der Waals surface area contributed by atoms with Crippen LogP contribution in [0.15, 0.2) is 49.6 Å². The fourth-order valence-corrected chi connectivity index (χ4v) is 4.26. The van der Waals surface area contributed by atoms with Crippen molar-refractivity contribution in [3.05, 3.63) is 62.6 Å². The molecule has 1 aromatic carbocycles. The van der Waals surface area contributed by atoms with Crippen LogP contribution in [0.5, 0.6) is 0 Å². The molecule has 0 saturated carbocycles. The Hall–Kier alpha value is -3.87. The molecule has 1 aliphatic heterocycles. The van der Waals surface area contributed by atoms with Gasteiger partial charge < -0.3 is 20.0 Å². The van der Waals surface area contributed by atoms with E-state index in [1.807, 2.05) is 30.3 Å². The standard InChI is InChI=1S/C21H23N7O5S/c1-26(16(30)12-34-21-25-24-14(33-21)11-27-9-5-8-15(27)29)17-18(22)28(20(32)23-19(17)31)10-13-6-3-2-4-7-13/h2-4,6-7H,5,8-12,22H2,1H3,(H,23,31,32). The molecule has 3 aromatic rings. The number of H-pyrrole nitrogens is 1. The van der Waals surface area contributed by atoms with Gasteiger partial charge in [-0.3, -0.25) is 23.9 Å². The molecule has 0 spiro atoms. The summed E-state index contributed by atoms with van der Waals surface area (Å²) in [7, 11) is 1.40. The molecule has 1 saturated heterocycles. The maximum atomic E-state index is 12.8. The Kier molecular flexibility index (Phi) is 6.82. The lowest BCUT2D eigenvalue weighted by atomic mass is 10.2. The van der Waals surface area contributed by atoms with Crippen molar-refractivity contribution < 1.29 is 14.0 Å². The summed E-state index contributed by atoms with van der Waals surface area (Å²) in [5.41, 5.74) is 5.39. The lowest BCUT2D eigenvalue weighted by Crippen LogP contribution is -2.40. The second-order valence-electron chi connectivity index (χ2n) is 7.69. The van der Waals surface area contributed by atoms with Crippen molar-refractivity contribution in [2.75, 3.05) is 30.0 Å². The van der Waals surface area contributed by atoms with Crippen LogP contribution in [0.4, 0.5) is 11.5 Å². The summed E-state index contributed by atoms with van der Waals surface area (Å²) in [6.07, 6.45) is 1.31. The van der Waals surface area contributed by atoms with Gasteiger partial charge in [-0.1, -0.05) is 42.1 Å². The molecule has 0 aliphatic carbocycles. The third kappa shape index (κ3) is 5.03. The third-order valence-corrected chi connectivity index (χ3v) is 6.18. The Bertz CT molecular complexity index is 1320. The maximum absolute atomic E-state index is 12.8. The molecule has 3 heterocycles. The van der Waals surface area contributed by atoms with Crippen molar-refractivity contribution in [1.29, 1.82) is 0 Å². The molecule has 1 aliphatic rings. The van der Waals surface area contributed by atoms with Crippen LogP contribution in [-0.4, -0.2) is 55.8 Å². The van der Waals surface area contributed by atoms with Crippen LogP contribution in [0, 0.1) is 0 Å². The number of benzene rings is 1. The van der Waals surface area contributed by atoms with Gasteiger partial charge in [0.15, 0.2) is 5.69 Å². The van der Waals surface area contributed by atoms with Gasteiger partial charge in [0.25, 0.3) is 10.8 Å². The zero-order valence-corrected chi connectivity index (χ0v) is 19.2. The van der Waals surface area contributed by atoms with Crippen LogP contribution in [0.3, 0.4) is 0 Å². The van der Waals surface area contributed by atoms with Crippen molar-refractivity contribution in [1.82, 2.24) is 24.6 Å². The Morgan fingerprint density at radius 2 is 1.97 bits per heavy atom. The monoisotopic (exact) mass is 485 g/mol. The molecule has 2 aromatic heterocycles. The molecule has 0 unspecified atom stereocenters. The summed E-state index contributed by atoms with van der Waals surface area (Å²) in [6, 6.07) is 9.13. The number of rotatable bonds is 8. The van der Waals surface area contributed by atoms with Gasteiger partial charge in [0.2, 0.25) is 17.7 Å². The van der Waals surface area contributed by atoms with Gasteiger partial charge in [-0.15, -0.1) is 10.2 Å². The smallest absolute Gasteiger partial charge is 0.330 e. The van der Waals surface area contributed by atoms with Crippen molar-refractivity contribution in [2.24, 2.45) is 0 Å². The Labute approximate surface area is 197 Å². The van der Waals surface area contributed by atoms with Crippen molar-refractivity contribution in [3.8, 4) is 0 Å². The van der Waals surface area contributed by atoms with E-state index in [0.29, 0.717) is 13.0 Å². The predicted molar refractivity (Wildman–Crippen MR) is 124 cm³/mol. The van der Waals surface area contributed by atoms with Gasteiger partial charge in [-0.05, 0) is 12.0 Å². The number of anilines is 2. The molecule has 13 heteroatoms. The zero-order valence-electron chi connectivity index (χ0n) is 18.4. The number of nitrogen functional groups attached to an aromatic ring is 1. The molecule has 2 amide bonds. The topological polar surface area (TPSA) is 160 Å². The van der Waals surface area contributed by atoms with Gasteiger partial charge in [0.1, 0.15) is 5.82 Å². The van der Waals surface area contributed by atoms with Gasteiger partial charge in [-0.25, -0.2) is 4.79 Å². The first-order valence-corrected chi connectivity index (χ1v) is 11.5. The number of carbonyl (C=O) groups is 2. The van der Waals surface area contributed by atoms with E-state index >= 15 is 0 Å². The number of thioether (sulfide) groups is 1. The van der Waals surface area contributed by atoms with E-state index in [2.05, 4.69) is 15.2 Å². The Morgan fingerprint density at radius 3 is 2.68 bits per heavy atom. The number of nitrogens with two attached hydrogens (primary N) is 1. The molecule has 34 heavy (non-hydrogen) atoms. The first kappa shape index (κ1) is 23.3. The Morgan fingerprint density at radius 1 is 1.21 bits per heavy atom. The highest BCUT2D eigenvalue weighted by atomic mass is 32.2. The summed E-state index contributed by atoms with van der Waals surface area (Å²) in [4.78, 5) is 54.3. The number of nitrogens with zero attached hydrogens (tertiary/aromatic N) is 5. The number of amides is 2. The first-order chi connectivity index (χ1) is 16.3. The molecule has 12 nitrogen and oxygen atoms in total. The number of hydrogen-bond acceptors (Lipinski definition) is 9. The second-order valence-corrected chi connectivity index (χ2v) is 8.61. The van der Waals surface area contributed by atoms with Crippen LogP contribution < -0.4 is 21.9 Å². The van der Waals surface area contributed by atoms with Gasteiger partial charge in [0.05, 0.1) is 18.8 Å². The number of likely N-dealkylation sites (tertiary alicyclic amines) is 1. The lowest BCUT2D eigenvalue weighted by Gasteiger charge is -2.20. The average molecular weight is 486 g/mol. The Balaban J connectivity index is 1.44. The number of nitrogens with one attached hydrogen (secondary N) is 1. The first-order valence-electron chi connectivity index (χ1n) is 10.5. The van der Waals surface area contributed by atoms with Gasteiger partial charge in [0, 0.05) is 20.0 Å². The molecule has 1 fully saturated rings. The number of hydrogen-bond donors (Lipinski definition) is 2. The molecule has 0 radical (unpaired) electrons. The SMILES string of the molecule is CN(C(=O)CSc1nnc(CN2CCCC2=O)o1)c1c(N)n(Cc2ccccc2)c(=O)[nH]c1=O. The quantitative estimate of drug-likeness (QED) is 0.431. The van der Waals surface area contributed by atoms with E-state index in [-0.39, 0.29) is 47.4 Å². The summed E-state index contributed by atoms with van der Waals surface area (Å²) in [6.45, 7) is 1.01. The van der Waals surface area contributed by atoms with Crippen LogP contribution in [-0.2, 0) is 22.7 Å². The fourth-order valence-electron chi connectivity index (χ4n) is 3.56. The molecular weight excluding hydrogens is 462 g/mol. The van der Waals surface area contributed by atoms with E-state index in [4.69, 9.17) is 10.2 Å². The highest BCUT2D eigenvalue weighted by Crippen LogP contribution is 2.21. The average Bonchev–Trinajstić information content (AvgIpc) is 3.44. The summed E-state index contributed by atoms with van der Waals surface area (Å²) in [5, 5.41) is 7.98. The molecule has 0 atom stereocenters. The minimum Gasteiger partial charge on any atom is -0.414 e. The molecule has 178 valence electrons. The van der Waals surface area contributed by atoms with E-state index in [1.165, 1.54) is 11.6 Å². The fraction of sp³-hybridized carbons (Fsp3) is 0.333. The van der Waals surface area contributed by atoms with Crippen LogP contribution in [0.1, 0.15) is 24.3 Å². The van der Waals surface area contributed by atoms with E-state index < -0.39 is 17.2 Å². The minimum absolute atomic E-state index is 0.0422. The predicted octanol–water partition coefficient (Wildman–Crippen LogP) is 0.428. The number of carbonyl (C=O) groups excluding carboxylic acids is 2. The van der Waals surface area contributed by atoms with E-state index in [0.717, 1.165) is 28.6 Å². The van der Waals surface area contributed by atoms with Crippen LogP contribution in [0.25, 0.3) is 0 Å². The normalized spacial score (nSPS) is 13.4. The molecule has 3 N–H and O–H groups in total. The highest BCUT2D eigenvalue weighted by Gasteiger charge is 2.24. The third-order valence-electron chi connectivity index (χ3n) is 5.37. The molecule has 0 bridgehead atoms. The van der Waals surface area contributed by atoms with E-state index in [9.17, 15) is 19.2 Å². The van der Waals surface area contributed by atoms with Crippen LogP contribution >= 0.6 is 11.8 Å². The number of aromatic nitrogens is 4. The van der Waals surface area contributed by atoms with Crippen molar-refractivity contribution >= 4 is 35.1 Å². The second kappa shape index (κ2) is 9.95. The molecular formula is C21H23N7O5S. The summed E-state index contributed by atoms with van der Waals surface area (Å²) >= 11 is 0.996. The summed E-state index contributed by atoms with van der Waals surface area (Å²) < 4.78 is 6.72. The van der Waals surface area contributed by atoms with Gasteiger partial charge >= 0.3 is 5.69 Å². The largest absolute Gasteiger partial charge is 0.414 e. The highest BCUT2D eigenvalue weighted by molar-refractivity contribution is 7.99. The van der Waals surface area contributed by atoms with Crippen LogP contribution in [0.2, 0.25) is 0 Å². The van der Waals surface area contributed by atoms with Crippen molar-refractivity contribution in [3.63, 3.8) is 0 Å². The maximum Gasteiger partial charge on any atom is 0.330 e. The molecule has 4 rings (SSSR count).